The number of thiophene rings is 1. The van der Waals surface area contributed by atoms with Crippen LogP contribution in [-0.2, 0) is 23.0 Å². The summed E-state index contributed by atoms with van der Waals surface area (Å²) in [6.45, 7) is 7.41. The Balaban J connectivity index is 1.81. The fourth-order valence-electron chi connectivity index (χ4n) is 3.55. The Morgan fingerprint density at radius 1 is 1.28 bits per heavy atom. The first-order valence-electron chi connectivity index (χ1n) is 9.93. The van der Waals surface area contributed by atoms with Gasteiger partial charge in [0.2, 0.25) is 0 Å². The number of carbonyl (C=O) groups is 1. The molecule has 0 atom stereocenters. The average molecular weight is 497 g/mol. The van der Waals surface area contributed by atoms with Crippen molar-refractivity contribution >= 4 is 50.3 Å². The molecule has 2 heterocycles. The van der Waals surface area contributed by atoms with Gasteiger partial charge in [-0.3, -0.25) is 9.40 Å². The molecule has 0 amide bonds. The summed E-state index contributed by atoms with van der Waals surface area (Å²) >= 11 is 6.76. The van der Waals surface area contributed by atoms with Crippen LogP contribution < -0.4 is 9.62 Å². The number of hydrogen-bond donors (Lipinski definition) is 2. The molecule has 0 radical (unpaired) electrons. The quantitative estimate of drug-likeness (QED) is 0.454. The van der Waals surface area contributed by atoms with Crippen molar-refractivity contribution in [2.45, 2.75) is 37.9 Å². The molecule has 0 aliphatic carbocycles. The molecule has 0 spiro atoms. The summed E-state index contributed by atoms with van der Waals surface area (Å²) < 4.78 is 29.9. The second-order valence-corrected chi connectivity index (χ2v) is 11.0. The molecule has 172 valence electrons. The van der Waals surface area contributed by atoms with Gasteiger partial charge in [0.1, 0.15) is 4.21 Å². The fraction of sp³-hybridized carbons (Fsp3) is 0.333. The molecule has 0 aliphatic heterocycles. The van der Waals surface area contributed by atoms with Crippen LogP contribution in [-0.4, -0.2) is 42.9 Å². The largest absolute Gasteiger partial charge is 0.478 e. The lowest BCUT2D eigenvalue weighted by molar-refractivity contribution is 0.0697. The first-order chi connectivity index (χ1) is 15.0. The van der Waals surface area contributed by atoms with Crippen molar-refractivity contribution in [3.63, 3.8) is 0 Å². The van der Waals surface area contributed by atoms with E-state index < -0.39 is 16.0 Å². The minimum Gasteiger partial charge on any atom is -0.478 e. The fourth-order valence-corrected chi connectivity index (χ4v) is 6.09. The summed E-state index contributed by atoms with van der Waals surface area (Å²) in [6, 6.07) is 7.39. The number of hydrogen-bond acceptors (Lipinski definition) is 6. The number of benzene rings is 1. The zero-order chi connectivity index (χ0) is 23.6. The third kappa shape index (κ3) is 5.08. The lowest BCUT2D eigenvalue weighted by Gasteiger charge is -2.22. The number of aromatic nitrogens is 2. The molecule has 8 nitrogen and oxygen atoms in total. The predicted octanol–water partition coefficient (Wildman–Crippen LogP) is 4.41. The highest BCUT2D eigenvalue weighted by Crippen LogP contribution is 2.29. The summed E-state index contributed by atoms with van der Waals surface area (Å²) in [7, 11) is -2.04. The molecule has 0 unspecified atom stereocenters. The van der Waals surface area contributed by atoms with E-state index in [2.05, 4.69) is 9.82 Å². The smallest absolute Gasteiger partial charge is 0.337 e. The number of carboxylic acids is 1. The number of nitrogens with zero attached hydrogens (tertiary/aromatic N) is 3. The highest BCUT2D eigenvalue weighted by Gasteiger charge is 2.20. The maximum atomic E-state index is 12.5. The zero-order valence-electron chi connectivity index (χ0n) is 18.2. The Morgan fingerprint density at radius 2 is 2.00 bits per heavy atom. The second kappa shape index (κ2) is 9.51. The number of aryl methyl sites for hydroxylation is 2. The highest BCUT2D eigenvalue weighted by atomic mass is 35.5. The van der Waals surface area contributed by atoms with Crippen molar-refractivity contribution in [2.75, 3.05) is 23.2 Å². The van der Waals surface area contributed by atoms with Gasteiger partial charge in [-0.25, -0.2) is 13.2 Å². The van der Waals surface area contributed by atoms with Crippen molar-refractivity contribution in [1.82, 2.24) is 9.78 Å². The summed E-state index contributed by atoms with van der Waals surface area (Å²) in [5.41, 5.74) is 3.90. The van der Waals surface area contributed by atoms with Crippen LogP contribution in [0, 0.1) is 13.8 Å². The van der Waals surface area contributed by atoms with Gasteiger partial charge in [0.05, 0.1) is 21.3 Å². The molecular formula is C21H25ClN4O4S2. The number of likely N-dealkylation sites (N-methyl/N-ethyl adjacent to an activating group) is 1. The van der Waals surface area contributed by atoms with E-state index in [1.807, 2.05) is 37.4 Å². The standard InChI is InChI=1S/C21H25ClN4O4S2/c1-5-26-14(3)16(13(2)23-26)10-11-25(4)18-7-6-15(12-17(18)21(27)28)24-32(29,30)20-9-8-19(22)31-20/h6-9,12,24H,5,10-11H2,1-4H3,(H,27,28). The van der Waals surface area contributed by atoms with Gasteiger partial charge in [0, 0.05) is 31.5 Å². The Kier molecular flexibility index (Phi) is 7.16. The Hall–Kier alpha value is -2.56. The van der Waals surface area contributed by atoms with E-state index in [-0.39, 0.29) is 15.5 Å². The van der Waals surface area contributed by atoms with Crippen molar-refractivity contribution in [3.8, 4) is 0 Å². The van der Waals surface area contributed by atoms with Gasteiger partial charge in [-0.1, -0.05) is 11.6 Å². The second-order valence-electron chi connectivity index (χ2n) is 7.34. The van der Waals surface area contributed by atoms with Gasteiger partial charge in [0.15, 0.2) is 0 Å². The Morgan fingerprint density at radius 3 is 2.56 bits per heavy atom. The predicted molar refractivity (Wildman–Crippen MR) is 128 cm³/mol. The normalized spacial score (nSPS) is 11.5. The van der Waals surface area contributed by atoms with E-state index in [1.165, 1.54) is 18.2 Å². The minimum atomic E-state index is -3.86. The molecular weight excluding hydrogens is 472 g/mol. The van der Waals surface area contributed by atoms with E-state index in [0.717, 1.165) is 34.8 Å². The summed E-state index contributed by atoms with van der Waals surface area (Å²) in [6.07, 6.45) is 0.709. The Labute approximate surface area is 196 Å². The van der Waals surface area contributed by atoms with E-state index in [9.17, 15) is 18.3 Å². The summed E-state index contributed by atoms with van der Waals surface area (Å²) in [4.78, 5) is 13.8. The third-order valence-corrected chi connectivity index (χ3v) is 8.34. The van der Waals surface area contributed by atoms with Gasteiger partial charge in [0.25, 0.3) is 10.0 Å². The minimum absolute atomic E-state index is 0.00890. The van der Waals surface area contributed by atoms with E-state index >= 15 is 0 Å². The average Bonchev–Trinajstić information content (AvgIpc) is 3.29. The molecule has 11 heteroatoms. The number of sulfonamides is 1. The number of anilines is 2. The molecule has 0 fully saturated rings. The van der Waals surface area contributed by atoms with Crippen LogP contribution in [0.15, 0.2) is 34.5 Å². The summed E-state index contributed by atoms with van der Waals surface area (Å²) in [5, 5.41) is 14.3. The highest BCUT2D eigenvalue weighted by molar-refractivity contribution is 7.94. The van der Waals surface area contributed by atoms with Crippen LogP contribution in [0.4, 0.5) is 11.4 Å². The van der Waals surface area contributed by atoms with Crippen molar-refractivity contribution in [3.05, 3.63) is 57.2 Å². The molecule has 32 heavy (non-hydrogen) atoms. The SMILES string of the molecule is CCn1nc(C)c(CCN(C)c2ccc(NS(=O)(=O)c3ccc(Cl)s3)cc2C(=O)O)c1C. The van der Waals surface area contributed by atoms with Crippen molar-refractivity contribution < 1.29 is 18.3 Å². The van der Waals surface area contributed by atoms with Gasteiger partial charge in [-0.2, -0.15) is 5.10 Å². The molecule has 0 bridgehead atoms. The lowest BCUT2D eigenvalue weighted by atomic mass is 10.1. The van der Waals surface area contributed by atoms with Crippen LogP contribution in [0.5, 0.6) is 0 Å². The number of carboxylic acid groups (broad SMARTS) is 1. The lowest BCUT2D eigenvalue weighted by Crippen LogP contribution is -2.23. The van der Waals surface area contributed by atoms with Crippen molar-refractivity contribution in [1.29, 1.82) is 0 Å². The molecule has 0 saturated heterocycles. The maximum Gasteiger partial charge on any atom is 0.337 e. The van der Waals surface area contributed by atoms with E-state index in [1.54, 1.807) is 12.1 Å². The topological polar surface area (TPSA) is 105 Å². The molecule has 1 aromatic carbocycles. The van der Waals surface area contributed by atoms with E-state index in [4.69, 9.17) is 11.6 Å². The monoisotopic (exact) mass is 496 g/mol. The third-order valence-electron chi connectivity index (χ3n) is 5.23. The first kappa shape index (κ1) is 24.1. The van der Waals surface area contributed by atoms with Gasteiger partial charge in [-0.15, -0.1) is 11.3 Å². The molecule has 0 aliphatic rings. The van der Waals surface area contributed by atoms with Crippen LogP contribution in [0.25, 0.3) is 0 Å². The molecule has 0 saturated carbocycles. The zero-order valence-corrected chi connectivity index (χ0v) is 20.6. The van der Waals surface area contributed by atoms with Crippen LogP contribution in [0.1, 0.15) is 34.2 Å². The van der Waals surface area contributed by atoms with Gasteiger partial charge >= 0.3 is 5.97 Å². The summed E-state index contributed by atoms with van der Waals surface area (Å²) in [5.74, 6) is -1.14. The number of rotatable bonds is 9. The molecule has 3 rings (SSSR count). The van der Waals surface area contributed by atoms with Gasteiger partial charge in [-0.05, 0) is 63.1 Å². The van der Waals surface area contributed by atoms with Crippen LogP contribution in [0.3, 0.4) is 0 Å². The molecule has 3 aromatic rings. The first-order valence-corrected chi connectivity index (χ1v) is 12.6. The molecule has 2 aromatic heterocycles. The van der Waals surface area contributed by atoms with E-state index in [0.29, 0.717) is 23.0 Å². The number of halogens is 1. The van der Waals surface area contributed by atoms with Gasteiger partial charge < -0.3 is 10.0 Å². The van der Waals surface area contributed by atoms with Crippen LogP contribution in [0.2, 0.25) is 4.34 Å². The van der Waals surface area contributed by atoms with Crippen LogP contribution >= 0.6 is 22.9 Å². The Bertz CT molecular complexity index is 1250. The number of nitrogens with one attached hydrogen (secondary N) is 1. The number of aromatic carboxylic acids is 1. The molecule has 2 N–H and O–H groups in total. The maximum absolute atomic E-state index is 12.5. The van der Waals surface area contributed by atoms with Crippen molar-refractivity contribution in [2.24, 2.45) is 0 Å².